The molecule has 4 atom stereocenters. The van der Waals surface area contributed by atoms with Gasteiger partial charge in [-0.05, 0) is 44.9 Å². The molecule has 3 nitrogen and oxygen atoms in total. The Hall–Kier alpha value is -0.570. The SMILES string of the molecule is C[C@H](NC(=O)C1CC2CCC1N2)C1CCCC1. The number of hydrogen-bond donors (Lipinski definition) is 2. The molecule has 0 spiro atoms. The monoisotopic (exact) mass is 236 g/mol. The maximum atomic E-state index is 12.3. The second-order valence-corrected chi connectivity index (χ2v) is 6.23. The molecule has 2 N–H and O–H groups in total. The molecule has 2 heterocycles. The number of carbonyl (C=O) groups is 1. The van der Waals surface area contributed by atoms with Crippen LogP contribution in [0.15, 0.2) is 0 Å². The van der Waals surface area contributed by atoms with Crippen LogP contribution in [-0.4, -0.2) is 24.0 Å². The third kappa shape index (κ3) is 2.22. The molecule has 2 saturated heterocycles. The zero-order chi connectivity index (χ0) is 11.8. The molecule has 2 aliphatic heterocycles. The standard InChI is InChI=1S/C14H24N2O/c1-9(10-4-2-3-5-10)15-14(17)12-8-11-6-7-13(12)16-11/h9-13,16H,2-8H2,1H3,(H,15,17)/t9-,11?,12?,13?/m0/s1. The Morgan fingerprint density at radius 3 is 2.59 bits per heavy atom. The van der Waals surface area contributed by atoms with Gasteiger partial charge in [-0.25, -0.2) is 0 Å². The van der Waals surface area contributed by atoms with Gasteiger partial charge in [-0.1, -0.05) is 12.8 Å². The summed E-state index contributed by atoms with van der Waals surface area (Å²) in [5.74, 6) is 1.28. The molecule has 3 fully saturated rings. The largest absolute Gasteiger partial charge is 0.353 e. The summed E-state index contributed by atoms with van der Waals surface area (Å²) in [6, 6.07) is 1.47. The topological polar surface area (TPSA) is 41.1 Å². The summed E-state index contributed by atoms with van der Waals surface area (Å²) >= 11 is 0. The van der Waals surface area contributed by atoms with E-state index in [9.17, 15) is 4.79 Å². The first kappa shape index (κ1) is 11.5. The first-order valence-electron chi connectivity index (χ1n) is 7.30. The van der Waals surface area contributed by atoms with Crippen LogP contribution in [0.2, 0.25) is 0 Å². The third-order valence-corrected chi connectivity index (χ3v) is 5.11. The van der Waals surface area contributed by atoms with E-state index in [-0.39, 0.29) is 5.92 Å². The highest BCUT2D eigenvalue weighted by Gasteiger charge is 2.43. The molecular formula is C14H24N2O. The lowest BCUT2D eigenvalue weighted by Gasteiger charge is -2.25. The zero-order valence-corrected chi connectivity index (χ0v) is 10.7. The second kappa shape index (κ2) is 4.60. The van der Waals surface area contributed by atoms with Gasteiger partial charge in [0.2, 0.25) is 5.91 Å². The van der Waals surface area contributed by atoms with Crippen LogP contribution in [0, 0.1) is 11.8 Å². The number of carbonyl (C=O) groups excluding carboxylic acids is 1. The minimum Gasteiger partial charge on any atom is -0.353 e. The fraction of sp³-hybridized carbons (Fsp3) is 0.929. The normalized spacial score (nSPS) is 38.5. The van der Waals surface area contributed by atoms with Gasteiger partial charge in [0.25, 0.3) is 0 Å². The molecule has 1 saturated carbocycles. The van der Waals surface area contributed by atoms with Gasteiger partial charge < -0.3 is 10.6 Å². The van der Waals surface area contributed by atoms with Crippen molar-refractivity contribution >= 4 is 5.91 Å². The van der Waals surface area contributed by atoms with Crippen molar-refractivity contribution in [3.63, 3.8) is 0 Å². The first-order chi connectivity index (χ1) is 8.24. The Bertz CT molecular complexity index is 299. The lowest BCUT2D eigenvalue weighted by molar-refractivity contribution is -0.126. The van der Waals surface area contributed by atoms with Crippen LogP contribution in [0.5, 0.6) is 0 Å². The van der Waals surface area contributed by atoms with E-state index in [1.165, 1.54) is 38.5 Å². The Labute approximate surface area is 104 Å². The van der Waals surface area contributed by atoms with Crippen molar-refractivity contribution in [3.8, 4) is 0 Å². The quantitative estimate of drug-likeness (QED) is 0.785. The van der Waals surface area contributed by atoms with Gasteiger partial charge in [0.05, 0.1) is 5.92 Å². The van der Waals surface area contributed by atoms with E-state index in [1.807, 2.05) is 0 Å². The molecule has 3 rings (SSSR count). The Morgan fingerprint density at radius 2 is 2.00 bits per heavy atom. The van der Waals surface area contributed by atoms with Crippen molar-refractivity contribution in [2.45, 2.75) is 70.0 Å². The summed E-state index contributed by atoms with van der Waals surface area (Å²) in [5, 5.41) is 6.81. The summed E-state index contributed by atoms with van der Waals surface area (Å²) < 4.78 is 0. The Balaban J connectivity index is 1.52. The van der Waals surface area contributed by atoms with E-state index in [0.29, 0.717) is 24.0 Å². The average molecular weight is 236 g/mol. The van der Waals surface area contributed by atoms with Gasteiger partial charge in [-0.2, -0.15) is 0 Å². The van der Waals surface area contributed by atoms with Crippen molar-refractivity contribution in [2.24, 2.45) is 11.8 Å². The zero-order valence-electron chi connectivity index (χ0n) is 10.7. The number of hydrogen-bond acceptors (Lipinski definition) is 2. The number of amides is 1. The molecule has 0 radical (unpaired) electrons. The lowest BCUT2D eigenvalue weighted by atomic mass is 9.88. The summed E-state index contributed by atoms with van der Waals surface area (Å²) in [6.07, 6.45) is 8.83. The highest BCUT2D eigenvalue weighted by atomic mass is 16.2. The van der Waals surface area contributed by atoms with Crippen LogP contribution in [0.1, 0.15) is 51.9 Å². The summed E-state index contributed by atoms with van der Waals surface area (Å²) in [6.45, 7) is 2.19. The van der Waals surface area contributed by atoms with Crippen LogP contribution in [0.25, 0.3) is 0 Å². The van der Waals surface area contributed by atoms with Crippen LogP contribution >= 0.6 is 0 Å². The van der Waals surface area contributed by atoms with E-state index in [2.05, 4.69) is 17.6 Å². The van der Waals surface area contributed by atoms with Gasteiger partial charge in [0.1, 0.15) is 0 Å². The molecule has 3 unspecified atom stereocenters. The van der Waals surface area contributed by atoms with E-state index in [4.69, 9.17) is 0 Å². The minimum absolute atomic E-state index is 0.248. The maximum absolute atomic E-state index is 12.3. The van der Waals surface area contributed by atoms with Crippen molar-refractivity contribution < 1.29 is 4.79 Å². The molecule has 0 aromatic rings. The van der Waals surface area contributed by atoms with Gasteiger partial charge in [-0.3, -0.25) is 4.79 Å². The highest BCUT2D eigenvalue weighted by molar-refractivity contribution is 5.80. The summed E-state index contributed by atoms with van der Waals surface area (Å²) in [5.41, 5.74) is 0. The number of fused-ring (bicyclic) bond motifs is 2. The second-order valence-electron chi connectivity index (χ2n) is 6.23. The molecule has 0 aromatic heterocycles. The van der Waals surface area contributed by atoms with Gasteiger partial charge in [0.15, 0.2) is 0 Å². The maximum Gasteiger partial charge on any atom is 0.224 e. The van der Waals surface area contributed by atoms with Crippen molar-refractivity contribution in [3.05, 3.63) is 0 Å². The van der Waals surface area contributed by atoms with Crippen molar-refractivity contribution in [1.82, 2.24) is 10.6 Å². The molecule has 3 heteroatoms. The van der Waals surface area contributed by atoms with Gasteiger partial charge in [0, 0.05) is 18.1 Å². The molecule has 1 aliphatic carbocycles. The molecule has 96 valence electrons. The average Bonchev–Trinajstić information content (AvgIpc) is 3.05. The van der Waals surface area contributed by atoms with Crippen LogP contribution in [0.3, 0.4) is 0 Å². The van der Waals surface area contributed by atoms with Crippen LogP contribution < -0.4 is 10.6 Å². The lowest BCUT2D eigenvalue weighted by Crippen LogP contribution is -2.44. The van der Waals surface area contributed by atoms with Gasteiger partial charge >= 0.3 is 0 Å². The Morgan fingerprint density at radius 1 is 1.24 bits per heavy atom. The fourth-order valence-corrected chi connectivity index (χ4v) is 4.02. The predicted octanol–water partition coefficient (Wildman–Crippen LogP) is 1.82. The van der Waals surface area contributed by atoms with Crippen molar-refractivity contribution in [2.75, 3.05) is 0 Å². The van der Waals surface area contributed by atoms with Gasteiger partial charge in [-0.15, -0.1) is 0 Å². The molecule has 1 amide bonds. The van der Waals surface area contributed by atoms with E-state index in [0.717, 1.165) is 12.3 Å². The van der Waals surface area contributed by atoms with Crippen LogP contribution in [0.4, 0.5) is 0 Å². The molecule has 0 aromatic carbocycles. The number of nitrogens with one attached hydrogen (secondary N) is 2. The van der Waals surface area contributed by atoms with E-state index < -0.39 is 0 Å². The summed E-state index contributed by atoms with van der Waals surface area (Å²) in [7, 11) is 0. The molecule has 17 heavy (non-hydrogen) atoms. The van der Waals surface area contributed by atoms with E-state index >= 15 is 0 Å². The Kier molecular flexibility index (Phi) is 3.12. The highest BCUT2D eigenvalue weighted by Crippen LogP contribution is 2.34. The molecule has 3 aliphatic rings. The molecular weight excluding hydrogens is 212 g/mol. The predicted molar refractivity (Wildman–Crippen MR) is 67.6 cm³/mol. The minimum atomic E-state index is 0.248. The third-order valence-electron chi connectivity index (χ3n) is 5.11. The fourth-order valence-electron chi connectivity index (χ4n) is 4.02. The smallest absolute Gasteiger partial charge is 0.224 e. The summed E-state index contributed by atoms with van der Waals surface area (Å²) in [4.78, 5) is 12.3. The molecule has 2 bridgehead atoms. The van der Waals surface area contributed by atoms with E-state index in [1.54, 1.807) is 0 Å². The first-order valence-corrected chi connectivity index (χ1v) is 7.30. The van der Waals surface area contributed by atoms with Crippen LogP contribution in [-0.2, 0) is 4.79 Å². The van der Waals surface area contributed by atoms with Crippen molar-refractivity contribution in [1.29, 1.82) is 0 Å². The number of rotatable bonds is 3.